The first-order chi connectivity index (χ1) is 11.9. The largest absolute Gasteiger partial charge is 0.468 e. The fourth-order valence-corrected chi connectivity index (χ4v) is 2.89. The van der Waals surface area contributed by atoms with Crippen LogP contribution in [0.2, 0.25) is 0 Å². The van der Waals surface area contributed by atoms with Gasteiger partial charge < -0.3 is 20.0 Å². The second-order valence-corrected chi connectivity index (χ2v) is 7.56. The number of nitrogens with one attached hydrogen (secondary N) is 2. The van der Waals surface area contributed by atoms with Crippen molar-refractivity contribution in [1.29, 1.82) is 0 Å². The van der Waals surface area contributed by atoms with Gasteiger partial charge in [0.25, 0.3) is 0 Å². The number of likely N-dealkylation sites (tertiary alicyclic amines) is 1. The number of hydrogen-bond donors (Lipinski definition) is 2. The Balaban J connectivity index is 0.00000338. The molecule has 1 aromatic rings. The van der Waals surface area contributed by atoms with Crippen LogP contribution >= 0.6 is 24.0 Å². The van der Waals surface area contributed by atoms with Gasteiger partial charge in [-0.15, -0.1) is 24.0 Å². The molecule has 0 spiro atoms. The standard InChI is InChI=1S/C19H35N5O.HI/c1-6-20-18(22-15-19(2,3)23(4)5)21-14-16(17-10-9-13-25-17)24-11-7-8-12-24;/h9-10,13,16H,6-8,11-12,14-15H2,1-5H3,(H2,20,21,22);1H. The average molecular weight is 477 g/mol. The van der Waals surface area contributed by atoms with Crippen molar-refractivity contribution < 1.29 is 4.42 Å². The quantitative estimate of drug-likeness (QED) is 0.343. The molecule has 0 bridgehead atoms. The van der Waals surface area contributed by atoms with E-state index in [1.807, 2.05) is 6.07 Å². The Morgan fingerprint density at radius 2 is 2.00 bits per heavy atom. The predicted molar refractivity (Wildman–Crippen MR) is 119 cm³/mol. The van der Waals surface area contributed by atoms with Gasteiger partial charge in [-0.3, -0.25) is 9.89 Å². The van der Waals surface area contributed by atoms with E-state index in [0.717, 1.165) is 44.4 Å². The smallest absolute Gasteiger partial charge is 0.191 e. The van der Waals surface area contributed by atoms with Crippen LogP contribution in [0.15, 0.2) is 27.8 Å². The normalized spacial score (nSPS) is 17.2. The molecule has 1 aromatic heterocycles. The molecule has 1 aliphatic heterocycles. The summed E-state index contributed by atoms with van der Waals surface area (Å²) in [5.41, 5.74) is 0.0255. The van der Waals surface area contributed by atoms with Crippen LogP contribution in [0.1, 0.15) is 45.4 Å². The number of hydrogen-bond acceptors (Lipinski definition) is 4. The maximum atomic E-state index is 5.70. The molecule has 2 rings (SSSR count). The molecule has 1 aliphatic rings. The second kappa shape index (κ2) is 11.1. The van der Waals surface area contributed by atoms with E-state index in [0.29, 0.717) is 0 Å². The Morgan fingerprint density at radius 1 is 1.31 bits per heavy atom. The Morgan fingerprint density at radius 3 is 2.54 bits per heavy atom. The first-order valence-corrected chi connectivity index (χ1v) is 9.41. The van der Waals surface area contributed by atoms with Crippen LogP contribution in [0.5, 0.6) is 0 Å². The Hall–Kier alpha value is -0.800. The van der Waals surface area contributed by atoms with E-state index in [9.17, 15) is 0 Å². The van der Waals surface area contributed by atoms with Gasteiger partial charge in [0, 0.05) is 18.6 Å². The van der Waals surface area contributed by atoms with Crippen LogP contribution in [-0.4, -0.2) is 68.1 Å². The Kier molecular flexibility index (Phi) is 9.95. The van der Waals surface area contributed by atoms with Crippen LogP contribution < -0.4 is 10.6 Å². The molecule has 150 valence electrons. The molecule has 6 nitrogen and oxygen atoms in total. The van der Waals surface area contributed by atoms with E-state index in [2.05, 4.69) is 61.4 Å². The first kappa shape index (κ1) is 23.2. The molecule has 0 amide bonds. The Bertz CT molecular complexity index is 524. The van der Waals surface area contributed by atoms with Crippen molar-refractivity contribution in [2.75, 3.05) is 46.8 Å². The summed E-state index contributed by atoms with van der Waals surface area (Å²) >= 11 is 0. The third-order valence-corrected chi connectivity index (χ3v) is 5.09. The van der Waals surface area contributed by atoms with Crippen LogP contribution in [0.3, 0.4) is 0 Å². The number of aliphatic imine (C=N–C) groups is 1. The van der Waals surface area contributed by atoms with Crippen molar-refractivity contribution >= 4 is 29.9 Å². The number of guanidine groups is 1. The summed E-state index contributed by atoms with van der Waals surface area (Å²) in [7, 11) is 4.19. The van der Waals surface area contributed by atoms with Gasteiger partial charge in [-0.2, -0.15) is 0 Å². The number of furan rings is 1. The maximum Gasteiger partial charge on any atom is 0.191 e. The molecular formula is C19H36IN5O. The summed E-state index contributed by atoms with van der Waals surface area (Å²) in [6, 6.07) is 4.30. The molecule has 7 heteroatoms. The highest BCUT2D eigenvalue weighted by atomic mass is 127. The summed E-state index contributed by atoms with van der Waals surface area (Å²) in [6.45, 7) is 11.2. The number of rotatable bonds is 8. The summed E-state index contributed by atoms with van der Waals surface area (Å²) in [5, 5.41) is 6.87. The van der Waals surface area contributed by atoms with Crippen molar-refractivity contribution in [3.8, 4) is 0 Å². The maximum absolute atomic E-state index is 5.70. The zero-order valence-corrected chi connectivity index (χ0v) is 19.2. The number of likely N-dealkylation sites (N-methyl/N-ethyl adjacent to an activating group) is 1. The molecule has 2 heterocycles. The van der Waals surface area contributed by atoms with Crippen LogP contribution in [0, 0.1) is 0 Å². The van der Waals surface area contributed by atoms with Crippen LogP contribution in [0.4, 0.5) is 0 Å². The van der Waals surface area contributed by atoms with Gasteiger partial charge in [-0.25, -0.2) is 0 Å². The third-order valence-electron chi connectivity index (χ3n) is 5.09. The third kappa shape index (κ3) is 6.74. The summed E-state index contributed by atoms with van der Waals surface area (Å²) in [6.07, 6.45) is 4.29. The van der Waals surface area contributed by atoms with E-state index in [4.69, 9.17) is 9.41 Å². The molecule has 2 N–H and O–H groups in total. The topological polar surface area (TPSA) is 56.0 Å². The first-order valence-electron chi connectivity index (χ1n) is 9.41. The molecule has 1 unspecified atom stereocenters. The molecular weight excluding hydrogens is 441 g/mol. The lowest BCUT2D eigenvalue weighted by molar-refractivity contribution is 0.204. The van der Waals surface area contributed by atoms with E-state index in [1.165, 1.54) is 12.8 Å². The zero-order chi connectivity index (χ0) is 18.3. The van der Waals surface area contributed by atoms with Gasteiger partial charge in [0.1, 0.15) is 5.76 Å². The SMILES string of the molecule is CCNC(=NCC(C)(C)N(C)C)NCC(c1ccco1)N1CCCC1.I. The van der Waals surface area contributed by atoms with Crippen molar-refractivity contribution in [2.24, 2.45) is 4.99 Å². The fourth-order valence-electron chi connectivity index (χ4n) is 2.89. The zero-order valence-electron chi connectivity index (χ0n) is 16.9. The molecule has 26 heavy (non-hydrogen) atoms. The molecule has 1 atom stereocenters. The lowest BCUT2D eigenvalue weighted by Crippen LogP contribution is -2.45. The summed E-state index contributed by atoms with van der Waals surface area (Å²) < 4.78 is 5.70. The fraction of sp³-hybridized carbons (Fsp3) is 0.737. The minimum atomic E-state index is 0. The molecule has 0 aliphatic carbocycles. The van der Waals surface area contributed by atoms with Gasteiger partial charge in [-0.1, -0.05) is 0 Å². The minimum Gasteiger partial charge on any atom is -0.468 e. The van der Waals surface area contributed by atoms with Crippen LogP contribution in [0.25, 0.3) is 0 Å². The molecule has 0 aromatic carbocycles. The molecule has 0 saturated carbocycles. The van der Waals surface area contributed by atoms with E-state index in [-0.39, 0.29) is 35.6 Å². The van der Waals surface area contributed by atoms with Crippen LogP contribution in [-0.2, 0) is 0 Å². The van der Waals surface area contributed by atoms with E-state index >= 15 is 0 Å². The number of halogens is 1. The summed E-state index contributed by atoms with van der Waals surface area (Å²) in [5.74, 6) is 1.90. The predicted octanol–water partition coefficient (Wildman–Crippen LogP) is 2.93. The molecule has 1 saturated heterocycles. The van der Waals surface area contributed by atoms with E-state index in [1.54, 1.807) is 6.26 Å². The highest BCUT2D eigenvalue weighted by molar-refractivity contribution is 14.0. The second-order valence-electron chi connectivity index (χ2n) is 7.56. The average Bonchev–Trinajstić information content (AvgIpc) is 3.26. The van der Waals surface area contributed by atoms with Gasteiger partial charge in [0.05, 0.1) is 18.8 Å². The lowest BCUT2D eigenvalue weighted by atomic mass is 10.1. The van der Waals surface area contributed by atoms with Gasteiger partial charge in [0.2, 0.25) is 0 Å². The van der Waals surface area contributed by atoms with Gasteiger partial charge >= 0.3 is 0 Å². The monoisotopic (exact) mass is 477 g/mol. The van der Waals surface area contributed by atoms with Crippen molar-refractivity contribution in [3.63, 3.8) is 0 Å². The number of nitrogens with zero attached hydrogens (tertiary/aromatic N) is 3. The highest BCUT2D eigenvalue weighted by Crippen LogP contribution is 2.24. The van der Waals surface area contributed by atoms with Gasteiger partial charge in [-0.05, 0) is 72.9 Å². The van der Waals surface area contributed by atoms with Crippen molar-refractivity contribution in [2.45, 2.75) is 45.2 Å². The van der Waals surface area contributed by atoms with Gasteiger partial charge in [0.15, 0.2) is 5.96 Å². The Labute approximate surface area is 175 Å². The highest BCUT2D eigenvalue weighted by Gasteiger charge is 2.26. The molecule has 0 radical (unpaired) electrons. The molecule has 1 fully saturated rings. The van der Waals surface area contributed by atoms with Crippen molar-refractivity contribution in [3.05, 3.63) is 24.2 Å². The van der Waals surface area contributed by atoms with E-state index < -0.39 is 0 Å². The summed E-state index contributed by atoms with van der Waals surface area (Å²) in [4.78, 5) is 9.49. The van der Waals surface area contributed by atoms with Crippen molar-refractivity contribution in [1.82, 2.24) is 20.4 Å². The lowest BCUT2D eigenvalue weighted by Gasteiger charge is -2.31. The minimum absolute atomic E-state index is 0.